The molecular weight excluding hydrogens is 232 g/mol. The number of esters is 1. The number of pyridine rings is 1. The third kappa shape index (κ3) is 5.43. The third-order valence-corrected chi connectivity index (χ3v) is 2.03. The van der Waals surface area contributed by atoms with E-state index in [0.29, 0.717) is 13.0 Å². The quantitative estimate of drug-likeness (QED) is 0.644. The molecule has 1 rings (SSSR count). The molecule has 0 fully saturated rings. The van der Waals surface area contributed by atoms with Crippen LogP contribution in [-0.4, -0.2) is 29.0 Å². The Morgan fingerprint density at radius 3 is 2.44 bits per heavy atom. The van der Waals surface area contributed by atoms with E-state index in [1.807, 2.05) is 12.1 Å². The van der Waals surface area contributed by atoms with E-state index in [2.05, 4.69) is 10.3 Å². The highest BCUT2D eigenvalue weighted by molar-refractivity contribution is 6.32. The summed E-state index contributed by atoms with van der Waals surface area (Å²) in [6.07, 6.45) is 4.02. The van der Waals surface area contributed by atoms with Crippen LogP contribution in [0.25, 0.3) is 0 Å². The Labute approximate surface area is 107 Å². The van der Waals surface area contributed by atoms with Crippen LogP contribution in [0.15, 0.2) is 24.5 Å². The minimum atomic E-state index is -0.850. The predicted molar refractivity (Wildman–Crippen MR) is 66.8 cm³/mol. The minimum Gasteiger partial charge on any atom is -0.453 e. The highest BCUT2D eigenvalue weighted by Gasteiger charge is 2.22. The van der Waals surface area contributed by atoms with E-state index in [9.17, 15) is 9.59 Å². The van der Waals surface area contributed by atoms with Gasteiger partial charge >= 0.3 is 11.9 Å². The van der Waals surface area contributed by atoms with E-state index >= 15 is 0 Å². The fraction of sp³-hybridized carbons (Fsp3) is 0.462. The van der Waals surface area contributed by atoms with Gasteiger partial charge < -0.3 is 10.1 Å². The standard InChI is InChI=1S/C13H18N2O3/c1-13(2,3)18-12(17)11(16)15-9-6-10-4-7-14-8-5-10/h4-5,7-8H,6,9H2,1-3H3,(H,15,16). The van der Waals surface area contributed by atoms with Gasteiger partial charge in [0.05, 0.1) is 0 Å². The third-order valence-electron chi connectivity index (χ3n) is 2.03. The molecule has 0 saturated carbocycles. The second-order valence-electron chi connectivity index (χ2n) is 4.86. The Balaban J connectivity index is 2.31. The van der Waals surface area contributed by atoms with E-state index in [1.165, 1.54) is 0 Å². The van der Waals surface area contributed by atoms with Crippen molar-refractivity contribution in [2.24, 2.45) is 0 Å². The number of hydrogen-bond acceptors (Lipinski definition) is 4. The number of carbonyl (C=O) groups excluding carboxylic acids is 2. The lowest BCUT2D eigenvalue weighted by Crippen LogP contribution is -2.37. The summed E-state index contributed by atoms with van der Waals surface area (Å²) in [4.78, 5) is 26.7. The van der Waals surface area contributed by atoms with Crippen molar-refractivity contribution in [3.63, 3.8) is 0 Å². The molecule has 0 bridgehead atoms. The number of amides is 1. The van der Waals surface area contributed by atoms with Crippen LogP contribution in [0, 0.1) is 0 Å². The highest BCUT2D eigenvalue weighted by atomic mass is 16.6. The lowest BCUT2D eigenvalue weighted by Gasteiger charge is -2.18. The van der Waals surface area contributed by atoms with Gasteiger partial charge in [-0.15, -0.1) is 0 Å². The van der Waals surface area contributed by atoms with Gasteiger partial charge in [0.15, 0.2) is 0 Å². The average molecular weight is 250 g/mol. The number of carbonyl (C=O) groups is 2. The fourth-order valence-electron chi connectivity index (χ4n) is 1.27. The zero-order chi connectivity index (χ0) is 13.6. The van der Waals surface area contributed by atoms with Crippen molar-refractivity contribution in [2.45, 2.75) is 32.8 Å². The van der Waals surface area contributed by atoms with Crippen molar-refractivity contribution in [3.05, 3.63) is 30.1 Å². The number of rotatable bonds is 3. The zero-order valence-electron chi connectivity index (χ0n) is 10.9. The van der Waals surface area contributed by atoms with Crippen LogP contribution in [0.2, 0.25) is 0 Å². The molecule has 0 saturated heterocycles. The van der Waals surface area contributed by atoms with Crippen molar-refractivity contribution >= 4 is 11.9 Å². The molecule has 0 radical (unpaired) electrons. The molecule has 1 heterocycles. The van der Waals surface area contributed by atoms with Crippen molar-refractivity contribution in [2.75, 3.05) is 6.54 Å². The monoisotopic (exact) mass is 250 g/mol. The second kappa shape index (κ2) is 6.14. The molecule has 1 aromatic heterocycles. The summed E-state index contributed by atoms with van der Waals surface area (Å²) in [5, 5.41) is 2.52. The molecule has 0 spiro atoms. The van der Waals surface area contributed by atoms with Gasteiger partial charge in [-0.1, -0.05) is 0 Å². The Kier molecular flexibility index (Phi) is 4.83. The van der Waals surface area contributed by atoms with Gasteiger partial charge in [-0.2, -0.15) is 0 Å². The molecule has 0 aliphatic heterocycles. The van der Waals surface area contributed by atoms with Gasteiger partial charge in [0.1, 0.15) is 5.60 Å². The number of ether oxygens (including phenoxy) is 1. The number of nitrogens with one attached hydrogen (secondary N) is 1. The molecule has 0 atom stereocenters. The molecule has 18 heavy (non-hydrogen) atoms. The van der Waals surface area contributed by atoms with Gasteiger partial charge in [0.2, 0.25) is 0 Å². The van der Waals surface area contributed by atoms with Crippen LogP contribution < -0.4 is 5.32 Å². The molecule has 5 nitrogen and oxygen atoms in total. The Morgan fingerprint density at radius 1 is 1.28 bits per heavy atom. The molecular formula is C13H18N2O3. The van der Waals surface area contributed by atoms with Gasteiger partial charge in [-0.25, -0.2) is 4.79 Å². The zero-order valence-corrected chi connectivity index (χ0v) is 10.9. The molecule has 0 aliphatic rings. The smallest absolute Gasteiger partial charge is 0.397 e. The van der Waals surface area contributed by atoms with E-state index in [4.69, 9.17) is 4.74 Å². The molecule has 1 aromatic rings. The van der Waals surface area contributed by atoms with Crippen LogP contribution in [0.5, 0.6) is 0 Å². The van der Waals surface area contributed by atoms with Gasteiger partial charge in [0, 0.05) is 18.9 Å². The van der Waals surface area contributed by atoms with Gasteiger partial charge in [-0.05, 0) is 44.9 Å². The molecule has 0 aliphatic carbocycles. The first-order chi connectivity index (χ1) is 8.38. The molecule has 0 aromatic carbocycles. The topological polar surface area (TPSA) is 68.3 Å². The SMILES string of the molecule is CC(C)(C)OC(=O)C(=O)NCCc1ccncc1. The second-order valence-corrected chi connectivity index (χ2v) is 4.86. The average Bonchev–Trinajstić information content (AvgIpc) is 2.28. The van der Waals surface area contributed by atoms with Gasteiger partial charge in [-0.3, -0.25) is 9.78 Å². The summed E-state index contributed by atoms with van der Waals surface area (Å²) in [6.45, 7) is 5.54. The van der Waals surface area contributed by atoms with Crippen molar-refractivity contribution in [1.29, 1.82) is 0 Å². The summed E-state index contributed by atoms with van der Waals surface area (Å²) in [6, 6.07) is 3.72. The summed E-state index contributed by atoms with van der Waals surface area (Å²) >= 11 is 0. The summed E-state index contributed by atoms with van der Waals surface area (Å²) in [5.41, 5.74) is 0.397. The molecule has 5 heteroatoms. The Morgan fingerprint density at radius 2 is 1.89 bits per heavy atom. The maximum absolute atomic E-state index is 11.4. The number of aromatic nitrogens is 1. The molecule has 1 amide bonds. The van der Waals surface area contributed by atoms with Crippen LogP contribution in [0.4, 0.5) is 0 Å². The fourth-order valence-corrected chi connectivity index (χ4v) is 1.27. The Bertz CT molecular complexity index is 410. The minimum absolute atomic E-state index is 0.391. The number of hydrogen-bond donors (Lipinski definition) is 1. The van der Waals surface area contributed by atoms with E-state index in [0.717, 1.165) is 5.56 Å². The first-order valence-electron chi connectivity index (χ1n) is 5.78. The summed E-state index contributed by atoms with van der Waals surface area (Å²) < 4.78 is 4.94. The first kappa shape index (κ1) is 14.2. The van der Waals surface area contributed by atoms with E-state index in [-0.39, 0.29) is 0 Å². The molecule has 1 N–H and O–H groups in total. The summed E-state index contributed by atoms with van der Waals surface area (Å²) in [5.74, 6) is -1.56. The van der Waals surface area contributed by atoms with Crippen LogP contribution >= 0.6 is 0 Å². The lowest BCUT2D eigenvalue weighted by atomic mass is 10.2. The van der Waals surface area contributed by atoms with E-state index < -0.39 is 17.5 Å². The lowest BCUT2D eigenvalue weighted by molar-refractivity contribution is -0.163. The molecule has 98 valence electrons. The normalized spacial score (nSPS) is 10.8. The molecule has 0 unspecified atom stereocenters. The maximum Gasteiger partial charge on any atom is 0.397 e. The van der Waals surface area contributed by atoms with Gasteiger partial charge in [0.25, 0.3) is 0 Å². The summed E-state index contributed by atoms with van der Waals surface area (Å²) in [7, 11) is 0. The maximum atomic E-state index is 11.4. The van der Waals surface area contributed by atoms with E-state index in [1.54, 1.807) is 33.2 Å². The van der Waals surface area contributed by atoms with Crippen LogP contribution in [0.1, 0.15) is 26.3 Å². The predicted octanol–water partition coefficient (Wildman–Crippen LogP) is 1.08. The number of nitrogens with zero attached hydrogens (tertiary/aromatic N) is 1. The first-order valence-corrected chi connectivity index (χ1v) is 5.78. The van der Waals surface area contributed by atoms with Crippen LogP contribution in [0.3, 0.4) is 0 Å². The Hall–Kier alpha value is -1.91. The van der Waals surface area contributed by atoms with Crippen molar-refractivity contribution < 1.29 is 14.3 Å². The van der Waals surface area contributed by atoms with Crippen molar-refractivity contribution in [3.8, 4) is 0 Å². The largest absolute Gasteiger partial charge is 0.453 e. The van der Waals surface area contributed by atoms with Crippen LogP contribution in [-0.2, 0) is 20.7 Å². The highest BCUT2D eigenvalue weighted by Crippen LogP contribution is 2.06. The van der Waals surface area contributed by atoms with Crippen molar-refractivity contribution in [1.82, 2.24) is 10.3 Å².